The van der Waals surface area contributed by atoms with Gasteiger partial charge in [-0.1, -0.05) is 36.4 Å². The zero-order valence-electron chi connectivity index (χ0n) is 27.6. The Morgan fingerprint density at radius 2 is 1.63 bits per heavy atom. The molecule has 43 heavy (non-hydrogen) atoms. The van der Waals surface area contributed by atoms with Crippen LogP contribution in [-0.4, -0.2) is 23.2 Å². The van der Waals surface area contributed by atoms with Crippen molar-refractivity contribution in [1.29, 1.82) is 0 Å². The number of rotatable bonds is 5. The second-order valence-corrected chi connectivity index (χ2v) is 22.5. The van der Waals surface area contributed by atoms with Crippen molar-refractivity contribution in [1.82, 2.24) is 9.97 Å². The molecular weight excluding hydrogens is 772 g/mol. The molecule has 0 fully saturated rings. The molecule has 0 aliphatic rings. The standard InChI is InChI=1S/C20H15FNO.C17H22GeN.Ir/c1-12(2)13-8-9-22-18(10-13)17-5-3-4-16-15-7-6-14(21)11-19(15)23-20(16)17;1-13(2)15-11-17(14-9-7-6-8-10-14)19-12-16(15)18(3,4)5;/h3-4,6-12H,1-2H3;6-9,11-13H,1-5H3;/q2*-1;/i12D;13D;. The molecule has 6 heteroatoms. The fourth-order valence-corrected chi connectivity index (χ4v) is 8.27. The first kappa shape index (κ1) is 29.9. The Morgan fingerprint density at radius 3 is 2.30 bits per heavy atom. The molecule has 0 N–H and O–H groups in total. The fourth-order valence-electron chi connectivity index (χ4n) is 4.95. The first-order chi connectivity index (χ1) is 20.6. The van der Waals surface area contributed by atoms with Gasteiger partial charge in [0.25, 0.3) is 0 Å². The van der Waals surface area contributed by atoms with Gasteiger partial charge in [0, 0.05) is 39.1 Å². The van der Waals surface area contributed by atoms with Gasteiger partial charge in [-0.25, -0.2) is 4.39 Å². The van der Waals surface area contributed by atoms with Crippen LogP contribution in [-0.2, 0) is 20.1 Å². The van der Waals surface area contributed by atoms with Gasteiger partial charge in [0.2, 0.25) is 0 Å². The zero-order chi connectivity index (χ0) is 31.9. The van der Waals surface area contributed by atoms with E-state index in [0.29, 0.717) is 16.9 Å². The van der Waals surface area contributed by atoms with Crippen LogP contribution in [0.4, 0.5) is 4.39 Å². The van der Waals surface area contributed by atoms with Gasteiger partial charge in [-0.15, -0.1) is 18.2 Å². The van der Waals surface area contributed by atoms with Crippen LogP contribution in [0.2, 0.25) is 17.3 Å². The summed E-state index contributed by atoms with van der Waals surface area (Å²) >= 11 is -2.03. The predicted molar refractivity (Wildman–Crippen MR) is 175 cm³/mol. The van der Waals surface area contributed by atoms with Crippen molar-refractivity contribution in [2.75, 3.05) is 0 Å². The first-order valence-corrected chi connectivity index (χ1v) is 21.4. The number of hydrogen-bond donors (Lipinski definition) is 0. The van der Waals surface area contributed by atoms with Crippen LogP contribution in [0, 0.1) is 17.9 Å². The van der Waals surface area contributed by atoms with E-state index >= 15 is 0 Å². The van der Waals surface area contributed by atoms with Crippen molar-refractivity contribution in [3.05, 3.63) is 114 Å². The summed E-state index contributed by atoms with van der Waals surface area (Å²) in [5.74, 6) is 5.40. The van der Waals surface area contributed by atoms with E-state index in [1.807, 2.05) is 82.4 Å². The van der Waals surface area contributed by atoms with E-state index in [9.17, 15) is 4.39 Å². The van der Waals surface area contributed by atoms with Crippen molar-refractivity contribution in [3.63, 3.8) is 0 Å². The average Bonchev–Trinajstić information content (AvgIpc) is 3.34. The Hall–Kier alpha value is -3.12. The number of nitrogens with zero attached hydrogens (tertiary/aromatic N) is 2. The molecule has 0 spiro atoms. The summed E-state index contributed by atoms with van der Waals surface area (Å²) < 4.78 is 37.3. The maximum Gasteiger partial charge on any atom is 0.126 e. The molecule has 3 heterocycles. The van der Waals surface area contributed by atoms with Gasteiger partial charge < -0.3 is 9.40 Å². The molecule has 6 rings (SSSR count). The van der Waals surface area contributed by atoms with Crippen LogP contribution >= 0.6 is 0 Å². The van der Waals surface area contributed by atoms with E-state index in [1.165, 1.54) is 16.5 Å². The molecule has 3 aromatic carbocycles. The summed E-state index contributed by atoms with van der Waals surface area (Å²) in [5, 5.41) is 1.76. The Morgan fingerprint density at radius 1 is 0.837 bits per heavy atom. The maximum atomic E-state index is 13.5. The van der Waals surface area contributed by atoms with Crippen molar-refractivity contribution < 1.29 is 31.7 Å². The number of hydrogen-bond acceptors (Lipinski definition) is 3. The number of benzene rings is 3. The number of halogens is 1. The number of fused-ring (bicyclic) bond motifs is 3. The predicted octanol–water partition coefficient (Wildman–Crippen LogP) is 9.93. The molecule has 0 saturated heterocycles. The summed E-state index contributed by atoms with van der Waals surface area (Å²) in [6, 6.07) is 28.3. The summed E-state index contributed by atoms with van der Waals surface area (Å²) in [4.78, 5) is 9.03. The van der Waals surface area contributed by atoms with E-state index in [0.717, 1.165) is 38.7 Å². The van der Waals surface area contributed by atoms with Crippen LogP contribution in [0.3, 0.4) is 0 Å². The molecular formula is C37H37FGeIrN2O-2. The van der Waals surface area contributed by atoms with Crippen LogP contribution in [0.1, 0.15) is 53.4 Å². The Labute approximate surface area is 273 Å². The third-order valence-corrected chi connectivity index (χ3v) is 11.5. The van der Waals surface area contributed by atoms with Crippen molar-refractivity contribution >= 4 is 39.6 Å². The summed E-state index contributed by atoms with van der Waals surface area (Å²) in [5.41, 5.74) is 6.43. The monoisotopic (exact) mass is 813 g/mol. The molecule has 6 aromatic rings. The van der Waals surface area contributed by atoms with Crippen molar-refractivity contribution in [2.45, 2.75) is 56.8 Å². The van der Waals surface area contributed by atoms with Crippen LogP contribution in [0.25, 0.3) is 44.5 Å². The first-order valence-electron chi connectivity index (χ1n) is 15.1. The molecule has 0 aliphatic heterocycles. The van der Waals surface area contributed by atoms with E-state index in [4.69, 9.17) is 7.16 Å². The largest absolute Gasteiger partial charge is 0.500 e. The van der Waals surface area contributed by atoms with Gasteiger partial charge in [-0.3, -0.25) is 0 Å². The van der Waals surface area contributed by atoms with Gasteiger partial charge in [-0.2, -0.15) is 0 Å². The van der Waals surface area contributed by atoms with Crippen molar-refractivity contribution in [3.8, 4) is 22.5 Å². The minimum atomic E-state index is -2.03. The van der Waals surface area contributed by atoms with Gasteiger partial charge >= 0.3 is 120 Å². The van der Waals surface area contributed by atoms with E-state index in [-0.39, 0.29) is 25.9 Å². The number of furan rings is 1. The normalized spacial score (nSPS) is 12.7. The van der Waals surface area contributed by atoms with Gasteiger partial charge in [-0.05, 0) is 29.8 Å². The Bertz CT molecular complexity index is 1940. The minimum absolute atomic E-state index is 0. The smallest absolute Gasteiger partial charge is 0.126 e. The quantitative estimate of drug-likeness (QED) is 0.129. The second kappa shape index (κ2) is 13.7. The fraction of sp³-hybridized carbons (Fsp3) is 0.243. The minimum Gasteiger partial charge on any atom is -0.500 e. The Kier molecular flexibility index (Phi) is 9.52. The van der Waals surface area contributed by atoms with Crippen molar-refractivity contribution in [2.24, 2.45) is 0 Å². The number of aromatic nitrogens is 2. The average molecular weight is 812 g/mol. The molecule has 1 radical (unpaired) electrons. The summed E-state index contributed by atoms with van der Waals surface area (Å²) in [6.07, 6.45) is 3.69. The molecule has 0 bridgehead atoms. The summed E-state index contributed by atoms with van der Waals surface area (Å²) in [6.45, 7) is 7.58. The third kappa shape index (κ3) is 7.34. The topological polar surface area (TPSA) is 38.9 Å². The zero-order valence-corrected chi connectivity index (χ0v) is 30.1. The van der Waals surface area contributed by atoms with Gasteiger partial charge in [0.15, 0.2) is 0 Å². The molecule has 3 aromatic heterocycles. The third-order valence-electron chi connectivity index (χ3n) is 7.22. The molecule has 0 amide bonds. The molecule has 223 valence electrons. The molecule has 0 saturated carbocycles. The van der Waals surface area contributed by atoms with Crippen LogP contribution in [0.5, 0.6) is 0 Å². The molecule has 3 nitrogen and oxygen atoms in total. The molecule has 0 aliphatic carbocycles. The van der Waals surface area contributed by atoms with E-state index < -0.39 is 25.1 Å². The SMILES string of the molecule is [2H]C(C)(C)c1cc(-c2[c-]cccc2)nc[c]1[Ge]([CH3])([CH3])[CH3].[2H]C(C)(C)c1ccnc(-c2[c-]ccc3c2oc2cc(F)ccc23)c1.[Ir]. The van der Waals surface area contributed by atoms with Gasteiger partial charge in [0.1, 0.15) is 11.4 Å². The number of pyridine rings is 2. The second-order valence-electron chi connectivity index (χ2n) is 11.9. The van der Waals surface area contributed by atoms with E-state index in [1.54, 1.807) is 12.3 Å². The molecule has 0 atom stereocenters. The Balaban J connectivity index is 0.000000204. The van der Waals surface area contributed by atoms with Gasteiger partial charge in [0.05, 0.1) is 5.58 Å². The maximum absolute atomic E-state index is 13.5. The van der Waals surface area contributed by atoms with E-state index in [2.05, 4.69) is 45.4 Å². The summed E-state index contributed by atoms with van der Waals surface area (Å²) in [7, 11) is 0. The van der Waals surface area contributed by atoms with Crippen LogP contribution < -0.4 is 4.40 Å². The molecule has 0 unspecified atom stereocenters. The van der Waals surface area contributed by atoms with Crippen LogP contribution in [0.15, 0.2) is 89.6 Å².